The number of benzene rings is 2. The number of piperidine rings is 1. The van der Waals surface area contributed by atoms with E-state index in [0.717, 1.165) is 25.7 Å². The first-order chi connectivity index (χ1) is 14.5. The molecular weight excluding hydrogens is 430 g/mol. The van der Waals surface area contributed by atoms with Crippen LogP contribution in [0.5, 0.6) is 11.5 Å². The number of ether oxygens (including phenoxy) is 1. The molecule has 2 aliphatic heterocycles. The van der Waals surface area contributed by atoms with E-state index in [1.807, 2.05) is 0 Å². The lowest BCUT2D eigenvalue weighted by atomic mass is 10.0. The predicted octanol–water partition coefficient (Wildman–Crippen LogP) is 5.19. The Labute approximate surface area is 182 Å². The van der Waals surface area contributed by atoms with E-state index in [2.05, 4.69) is 20.6 Å². The third kappa shape index (κ3) is 3.62. The zero-order chi connectivity index (χ0) is 20.8. The molecule has 0 amide bonds. The van der Waals surface area contributed by atoms with Crippen LogP contribution in [-0.2, 0) is 0 Å². The topological polar surface area (TPSA) is 79.3 Å². The largest absolute Gasteiger partial charge is 0.504 e. The van der Waals surface area contributed by atoms with Crippen LogP contribution in [0.15, 0.2) is 30.6 Å². The molecule has 5 rings (SSSR count). The molecule has 1 unspecified atom stereocenters. The minimum atomic E-state index is -0.670. The third-order valence-corrected chi connectivity index (χ3v) is 6.51. The molecule has 2 saturated heterocycles. The van der Waals surface area contributed by atoms with Crippen LogP contribution in [0.4, 0.5) is 15.9 Å². The monoisotopic (exact) mass is 448 g/mol. The molecule has 156 valence electrons. The maximum atomic E-state index is 14.5. The second-order valence-electron chi connectivity index (χ2n) is 7.76. The molecule has 3 atom stereocenters. The average molecular weight is 449 g/mol. The molecule has 0 spiro atoms. The van der Waals surface area contributed by atoms with Gasteiger partial charge in [0.2, 0.25) is 0 Å². The van der Waals surface area contributed by atoms with E-state index in [0.29, 0.717) is 34.6 Å². The van der Waals surface area contributed by atoms with E-state index in [9.17, 15) is 9.50 Å². The van der Waals surface area contributed by atoms with Crippen molar-refractivity contribution in [3.8, 4) is 11.5 Å². The first-order valence-electron chi connectivity index (χ1n) is 9.79. The summed E-state index contributed by atoms with van der Waals surface area (Å²) in [4.78, 5) is 8.44. The van der Waals surface area contributed by atoms with Gasteiger partial charge in [-0.15, -0.1) is 0 Å². The van der Waals surface area contributed by atoms with E-state index >= 15 is 0 Å². The van der Waals surface area contributed by atoms with Gasteiger partial charge < -0.3 is 20.5 Å². The number of halogens is 3. The number of phenols is 1. The summed E-state index contributed by atoms with van der Waals surface area (Å²) in [5.41, 5.74) is 0.637. The smallest absolute Gasteiger partial charge is 0.166 e. The first-order valence-corrected chi connectivity index (χ1v) is 10.5. The highest BCUT2D eigenvalue weighted by Crippen LogP contribution is 2.38. The summed E-state index contributed by atoms with van der Waals surface area (Å²) in [5, 5.41) is 17.5. The van der Waals surface area contributed by atoms with Crippen LogP contribution in [-0.4, -0.2) is 33.3 Å². The second kappa shape index (κ2) is 7.72. The van der Waals surface area contributed by atoms with Crippen molar-refractivity contribution >= 4 is 45.6 Å². The Bertz CT molecular complexity index is 1120. The van der Waals surface area contributed by atoms with Gasteiger partial charge in [0.1, 0.15) is 18.2 Å². The van der Waals surface area contributed by atoms with Crippen molar-refractivity contribution < 1.29 is 14.2 Å². The van der Waals surface area contributed by atoms with Gasteiger partial charge in [-0.2, -0.15) is 0 Å². The molecule has 2 aliphatic rings. The van der Waals surface area contributed by atoms with Crippen LogP contribution < -0.4 is 15.4 Å². The highest BCUT2D eigenvalue weighted by molar-refractivity contribution is 6.42. The summed E-state index contributed by atoms with van der Waals surface area (Å²) in [7, 11) is 0. The van der Waals surface area contributed by atoms with Gasteiger partial charge in [-0.05, 0) is 43.9 Å². The minimum Gasteiger partial charge on any atom is -0.504 e. The van der Waals surface area contributed by atoms with Crippen LogP contribution in [0.1, 0.15) is 25.7 Å². The molecule has 0 radical (unpaired) electrons. The maximum Gasteiger partial charge on any atom is 0.166 e. The van der Waals surface area contributed by atoms with Gasteiger partial charge in [0, 0.05) is 23.5 Å². The fraction of sp³-hybridized carbons (Fsp3) is 0.333. The highest BCUT2D eigenvalue weighted by Gasteiger charge is 2.34. The lowest BCUT2D eigenvalue weighted by Crippen LogP contribution is -2.42. The molecule has 0 saturated carbocycles. The number of nitrogens with zero attached hydrogens (tertiary/aromatic N) is 2. The van der Waals surface area contributed by atoms with Crippen LogP contribution in [0.2, 0.25) is 10.0 Å². The Kier molecular flexibility index (Phi) is 5.05. The number of aromatic nitrogens is 2. The van der Waals surface area contributed by atoms with Gasteiger partial charge in [-0.1, -0.05) is 23.2 Å². The SMILES string of the molecule is Oc1cc2ncnc(Nc3ccc(Cl)c(Cl)c3F)c2cc1OC1C[C@H]2CC[C@@H](C1)N2. The number of rotatable bonds is 4. The predicted molar refractivity (Wildman–Crippen MR) is 115 cm³/mol. The van der Waals surface area contributed by atoms with Crippen molar-refractivity contribution in [2.45, 2.75) is 43.9 Å². The van der Waals surface area contributed by atoms with Crippen molar-refractivity contribution in [2.75, 3.05) is 5.32 Å². The number of aromatic hydroxyl groups is 1. The summed E-state index contributed by atoms with van der Waals surface area (Å²) in [5.74, 6) is 0.0730. The van der Waals surface area contributed by atoms with Gasteiger partial charge in [0.05, 0.1) is 21.2 Å². The van der Waals surface area contributed by atoms with Gasteiger partial charge >= 0.3 is 0 Å². The Morgan fingerprint density at radius 3 is 2.67 bits per heavy atom. The van der Waals surface area contributed by atoms with Crippen molar-refractivity contribution in [1.29, 1.82) is 0 Å². The molecule has 0 aliphatic carbocycles. The number of nitrogens with one attached hydrogen (secondary N) is 2. The summed E-state index contributed by atoms with van der Waals surface area (Å²) in [6, 6.07) is 7.14. The fourth-order valence-electron chi connectivity index (χ4n) is 4.30. The van der Waals surface area contributed by atoms with Gasteiger partial charge in [-0.25, -0.2) is 14.4 Å². The molecule has 30 heavy (non-hydrogen) atoms. The van der Waals surface area contributed by atoms with Crippen molar-refractivity contribution in [1.82, 2.24) is 15.3 Å². The summed E-state index contributed by atoms with van der Waals surface area (Å²) in [6.07, 6.45) is 5.49. The van der Waals surface area contributed by atoms with Crippen LogP contribution in [0, 0.1) is 5.82 Å². The fourth-order valence-corrected chi connectivity index (χ4v) is 4.61. The van der Waals surface area contributed by atoms with Crippen molar-refractivity contribution in [3.63, 3.8) is 0 Å². The molecule has 2 bridgehead atoms. The lowest BCUT2D eigenvalue weighted by molar-refractivity contribution is 0.133. The number of phenolic OH excluding ortho intramolecular Hbond substituents is 1. The Morgan fingerprint density at radius 1 is 1.13 bits per heavy atom. The zero-order valence-electron chi connectivity index (χ0n) is 15.8. The summed E-state index contributed by atoms with van der Waals surface area (Å²) in [6.45, 7) is 0. The quantitative estimate of drug-likeness (QED) is 0.476. The third-order valence-electron chi connectivity index (χ3n) is 5.73. The standard InChI is InChI=1S/C21H19Cl2FN4O2/c22-14-3-4-15(20(24)19(14)23)28-21-13-7-18(17(29)8-16(13)25-9-26-21)30-12-5-10-1-2-11(6-12)27-10/h3-4,7-12,27,29H,1-2,5-6H2,(H,25,26,28)/t10-,11+,12?. The van der Waals surface area contributed by atoms with Gasteiger partial charge in [0.15, 0.2) is 17.3 Å². The Morgan fingerprint density at radius 2 is 1.90 bits per heavy atom. The number of anilines is 2. The van der Waals surface area contributed by atoms with Crippen LogP contribution in [0.3, 0.4) is 0 Å². The summed E-state index contributed by atoms with van der Waals surface area (Å²) >= 11 is 11.8. The molecule has 2 fully saturated rings. The van der Waals surface area contributed by atoms with E-state index in [-0.39, 0.29) is 27.6 Å². The van der Waals surface area contributed by atoms with Gasteiger partial charge in [0.25, 0.3) is 0 Å². The number of hydrogen-bond donors (Lipinski definition) is 3. The van der Waals surface area contributed by atoms with E-state index < -0.39 is 5.82 Å². The maximum absolute atomic E-state index is 14.5. The number of fused-ring (bicyclic) bond motifs is 3. The van der Waals surface area contributed by atoms with Crippen LogP contribution in [0.25, 0.3) is 10.9 Å². The summed E-state index contributed by atoms with van der Waals surface area (Å²) < 4.78 is 20.6. The molecule has 6 nitrogen and oxygen atoms in total. The van der Waals surface area contributed by atoms with Crippen molar-refractivity contribution in [3.05, 3.63) is 46.5 Å². The molecular formula is C21H19Cl2FN4O2. The zero-order valence-corrected chi connectivity index (χ0v) is 17.3. The van der Waals surface area contributed by atoms with E-state index in [1.165, 1.54) is 24.5 Å². The molecule has 1 aromatic heterocycles. The Balaban J connectivity index is 1.48. The van der Waals surface area contributed by atoms with E-state index in [4.69, 9.17) is 27.9 Å². The average Bonchev–Trinajstić information content (AvgIpc) is 3.07. The molecule has 3 heterocycles. The van der Waals surface area contributed by atoms with Crippen molar-refractivity contribution in [2.24, 2.45) is 0 Å². The van der Waals surface area contributed by atoms with Gasteiger partial charge in [-0.3, -0.25) is 0 Å². The highest BCUT2D eigenvalue weighted by atomic mass is 35.5. The van der Waals surface area contributed by atoms with Crippen LogP contribution >= 0.6 is 23.2 Å². The van der Waals surface area contributed by atoms with E-state index in [1.54, 1.807) is 6.07 Å². The Hall–Kier alpha value is -2.35. The number of hydrogen-bond acceptors (Lipinski definition) is 6. The minimum absolute atomic E-state index is 0.0127. The second-order valence-corrected chi connectivity index (χ2v) is 8.54. The lowest BCUT2D eigenvalue weighted by Gasteiger charge is -2.29. The normalized spacial score (nSPS) is 23.0. The first kappa shape index (κ1) is 19.6. The molecule has 2 aromatic carbocycles. The molecule has 3 N–H and O–H groups in total. The molecule has 3 aromatic rings. The molecule has 9 heteroatoms.